The van der Waals surface area contributed by atoms with Crippen LogP contribution in [0.5, 0.6) is 0 Å². The average Bonchev–Trinajstić information content (AvgIpc) is 3.25. The molecule has 0 fully saturated rings. The second-order valence-electron chi connectivity index (χ2n) is 8.70. The van der Waals surface area contributed by atoms with Crippen LogP contribution in [0.1, 0.15) is 36.6 Å². The minimum Gasteiger partial charge on any atom is -0.331 e. The molecule has 1 amide bonds. The first-order valence-electron chi connectivity index (χ1n) is 11.1. The van der Waals surface area contributed by atoms with Crippen LogP contribution in [0.25, 0.3) is 11.1 Å². The maximum atomic E-state index is 14.9. The first kappa shape index (κ1) is 24.0. The summed E-state index contributed by atoms with van der Waals surface area (Å²) in [6.07, 6.45) is 3.39. The molecule has 3 aromatic rings. The van der Waals surface area contributed by atoms with E-state index < -0.39 is 16.6 Å². The molecule has 0 bridgehead atoms. The number of benzene rings is 2. The molecule has 2 heterocycles. The molecule has 0 spiro atoms. The summed E-state index contributed by atoms with van der Waals surface area (Å²) in [5.74, 6) is -0.517. The predicted octanol–water partition coefficient (Wildman–Crippen LogP) is 5.37. The lowest BCUT2D eigenvalue weighted by atomic mass is 10.0. The third-order valence-corrected chi connectivity index (χ3v) is 7.00. The molecule has 4 nitrogen and oxygen atoms in total. The van der Waals surface area contributed by atoms with Crippen molar-refractivity contribution in [3.63, 3.8) is 0 Å². The summed E-state index contributed by atoms with van der Waals surface area (Å²) in [5, 5.41) is 1.61. The Labute approximate surface area is 200 Å². The zero-order valence-electron chi connectivity index (χ0n) is 19.1. The summed E-state index contributed by atoms with van der Waals surface area (Å²) in [6.45, 7) is 4.43. The van der Waals surface area contributed by atoms with E-state index in [1.165, 1.54) is 18.2 Å². The third-order valence-electron chi connectivity index (χ3n) is 5.87. The van der Waals surface area contributed by atoms with Gasteiger partial charge in [-0.1, -0.05) is 44.2 Å². The molecule has 0 N–H and O–H groups in total. The molecule has 0 saturated carbocycles. The Morgan fingerprint density at radius 3 is 2.47 bits per heavy atom. The standard InChI is InChI=1S/C27H26F2N2O2S/c1-18(2)26-13-19(9-11-30-26)16-31(24-10-12-34(33)17-24)27(32)15-22-4-3-21(14-25(22)29)20-5-7-23(28)8-6-20/h3-14,18,24H,15-17H2,1-2H3. The number of amides is 1. The number of carbonyl (C=O) groups is 1. The molecule has 1 aliphatic heterocycles. The number of aromatic nitrogens is 1. The summed E-state index contributed by atoms with van der Waals surface area (Å²) in [6, 6.07) is 14.0. The Morgan fingerprint density at radius 1 is 1.09 bits per heavy atom. The average molecular weight is 481 g/mol. The molecule has 7 heteroatoms. The molecular formula is C27H26F2N2O2S. The molecular weight excluding hydrogens is 454 g/mol. The van der Waals surface area contributed by atoms with Crippen LogP contribution >= 0.6 is 0 Å². The Bertz CT molecular complexity index is 1240. The Morgan fingerprint density at radius 2 is 1.82 bits per heavy atom. The lowest BCUT2D eigenvalue weighted by Gasteiger charge is -2.28. The van der Waals surface area contributed by atoms with Crippen molar-refractivity contribution in [3.8, 4) is 11.1 Å². The van der Waals surface area contributed by atoms with Gasteiger partial charge in [-0.3, -0.25) is 14.0 Å². The Hall–Kier alpha value is -3.19. The molecule has 1 aromatic heterocycles. The van der Waals surface area contributed by atoms with Crippen LogP contribution in [-0.2, 0) is 28.6 Å². The van der Waals surface area contributed by atoms with Gasteiger partial charge < -0.3 is 4.90 Å². The van der Waals surface area contributed by atoms with Crippen molar-refractivity contribution in [2.45, 2.75) is 38.8 Å². The van der Waals surface area contributed by atoms with Crippen LogP contribution in [0.15, 0.2) is 72.3 Å². The van der Waals surface area contributed by atoms with Gasteiger partial charge in [0, 0.05) is 34.6 Å². The summed E-state index contributed by atoms with van der Waals surface area (Å²) >= 11 is 0. The topological polar surface area (TPSA) is 50.3 Å². The molecule has 0 aliphatic carbocycles. The first-order chi connectivity index (χ1) is 16.3. The number of hydrogen-bond acceptors (Lipinski definition) is 3. The van der Waals surface area contributed by atoms with Crippen molar-refractivity contribution in [2.75, 3.05) is 5.75 Å². The second kappa shape index (κ2) is 10.4. The van der Waals surface area contributed by atoms with E-state index in [1.54, 1.807) is 46.8 Å². The number of carbonyl (C=O) groups excluding carboxylic acids is 1. The van der Waals surface area contributed by atoms with Crippen LogP contribution in [-0.4, -0.2) is 31.8 Å². The van der Waals surface area contributed by atoms with Crippen LogP contribution < -0.4 is 0 Å². The summed E-state index contributed by atoms with van der Waals surface area (Å²) in [7, 11) is -1.12. The monoisotopic (exact) mass is 480 g/mol. The number of pyridine rings is 1. The van der Waals surface area contributed by atoms with Crippen molar-refractivity contribution >= 4 is 16.7 Å². The van der Waals surface area contributed by atoms with Crippen molar-refractivity contribution in [3.05, 3.63) is 101 Å². The lowest BCUT2D eigenvalue weighted by molar-refractivity contribution is -0.132. The van der Waals surface area contributed by atoms with Gasteiger partial charge in [-0.15, -0.1) is 0 Å². The van der Waals surface area contributed by atoms with Crippen molar-refractivity contribution < 1.29 is 17.8 Å². The van der Waals surface area contributed by atoms with E-state index in [2.05, 4.69) is 18.8 Å². The normalized spacial score (nSPS) is 17.3. The van der Waals surface area contributed by atoms with Crippen LogP contribution in [0.4, 0.5) is 8.78 Å². The van der Waals surface area contributed by atoms with Gasteiger partial charge in [0.1, 0.15) is 11.6 Å². The minimum atomic E-state index is -1.12. The van der Waals surface area contributed by atoms with Crippen LogP contribution in [0.3, 0.4) is 0 Å². The van der Waals surface area contributed by atoms with Gasteiger partial charge in [0.25, 0.3) is 0 Å². The van der Waals surface area contributed by atoms with E-state index in [9.17, 15) is 17.8 Å². The molecule has 2 unspecified atom stereocenters. The molecule has 176 valence electrons. The van der Waals surface area contributed by atoms with Gasteiger partial charge in [-0.05, 0) is 58.5 Å². The highest BCUT2D eigenvalue weighted by atomic mass is 32.2. The maximum absolute atomic E-state index is 14.9. The maximum Gasteiger partial charge on any atom is 0.227 e. The summed E-state index contributed by atoms with van der Waals surface area (Å²) in [5.41, 5.74) is 3.43. The zero-order chi connectivity index (χ0) is 24.2. The predicted molar refractivity (Wildman–Crippen MR) is 130 cm³/mol. The minimum absolute atomic E-state index is 0.116. The van der Waals surface area contributed by atoms with Gasteiger partial charge in [0.15, 0.2) is 0 Å². The van der Waals surface area contributed by atoms with Gasteiger partial charge in [-0.2, -0.15) is 0 Å². The summed E-state index contributed by atoms with van der Waals surface area (Å²) in [4.78, 5) is 19.4. The van der Waals surface area contributed by atoms with Crippen molar-refractivity contribution in [1.82, 2.24) is 9.88 Å². The van der Waals surface area contributed by atoms with E-state index in [0.29, 0.717) is 23.4 Å². The van der Waals surface area contributed by atoms with Crippen molar-refractivity contribution in [1.29, 1.82) is 0 Å². The zero-order valence-corrected chi connectivity index (χ0v) is 19.9. The fourth-order valence-electron chi connectivity index (χ4n) is 3.92. The SMILES string of the molecule is CC(C)c1cc(CN(C(=O)Cc2ccc(-c3ccc(F)cc3)cc2F)C2C=CS(=O)C2)ccn1. The highest BCUT2D eigenvalue weighted by Crippen LogP contribution is 2.24. The largest absolute Gasteiger partial charge is 0.331 e. The fourth-order valence-corrected chi connectivity index (χ4v) is 5.02. The quantitative estimate of drug-likeness (QED) is 0.457. The van der Waals surface area contributed by atoms with Gasteiger partial charge in [0.2, 0.25) is 5.91 Å². The fraction of sp³-hybridized carbons (Fsp3) is 0.259. The van der Waals surface area contributed by atoms with Gasteiger partial charge in [0.05, 0.1) is 18.2 Å². The van der Waals surface area contributed by atoms with E-state index in [0.717, 1.165) is 11.3 Å². The van der Waals surface area contributed by atoms with E-state index >= 15 is 0 Å². The molecule has 0 saturated heterocycles. The molecule has 0 radical (unpaired) electrons. The Balaban J connectivity index is 1.56. The number of hydrogen-bond donors (Lipinski definition) is 0. The van der Waals surface area contributed by atoms with Crippen LogP contribution in [0.2, 0.25) is 0 Å². The van der Waals surface area contributed by atoms with E-state index in [4.69, 9.17) is 0 Å². The second-order valence-corrected chi connectivity index (χ2v) is 10.1. The smallest absolute Gasteiger partial charge is 0.227 e. The summed E-state index contributed by atoms with van der Waals surface area (Å²) < 4.78 is 40.1. The molecule has 34 heavy (non-hydrogen) atoms. The third kappa shape index (κ3) is 5.65. The highest BCUT2D eigenvalue weighted by molar-refractivity contribution is 7.88. The number of rotatable bonds is 7. The number of halogens is 2. The molecule has 2 aromatic carbocycles. The number of nitrogens with zero attached hydrogens (tertiary/aromatic N) is 2. The molecule has 1 aliphatic rings. The molecule has 4 rings (SSSR count). The van der Waals surface area contributed by atoms with Crippen molar-refractivity contribution in [2.24, 2.45) is 0 Å². The Kier molecular flexibility index (Phi) is 7.32. The first-order valence-corrected chi connectivity index (χ1v) is 12.5. The molecule has 2 atom stereocenters. The lowest BCUT2D eigenvalue weighted by Crippen LogP contribution is -2.41. The highest BCUT2D eigenvalue weighted by Gasteiger charge is 2.27. The van der Waals surface area contributed by atoms with Gasteiger partial charge in [-0.25, -0.2) is 8.78 Å². The van der Waals surface area contributed by atoms with Crippen LogP contribution in [0, 0.1) is 11.6 Å². The van der Waals surface area contributed by atoms with E-state index in [1.807, 2.05) is 12.1 Å². The van der Waals surface area contributed by atoms with Gasteiger partial charge >= 0.3 is 0 Å². The van der Waals surface area contributed by atoms with E-state index in [-0.39, 0.29) is 35.7 Å².